The van der Waals surface area contributed by atoms with E-state index in [-0.39, 0.29) is 25.9 Å². The smallest absolute Gasteiger partial charge is 0.162 e. The van der Waals surface area contributed by atoms with Gasteiger partial charge < -0.3 is 0 Å². The molecule has 0 saturated carbocycles. The van der Waals surface area contributed by atoms with Gasteiger partial charge in [-0.3, -0.25) is 0 Å². The molecule has 0 aliphatic carbocycles. The summed E-state index contributed by atoms with van der Waals surface area (Å²) in [4.78, 5) is 7.74. The van der Waals surface area contributed by atoms with Gasteiger partial charge in [0.05, 0.1) is 10.7 Å². The van der Waals surface area contributed by atoms with Crippen LogP contribution in [0.15, 0.2) is 40.1 Å². The maximum Gasteiger partial charge on any atom is 0.162 e. The van der Waals surface area contributed by atoms with E-state index in [4.69, 9.17) is 6.58 Å². The third-order valence-electron chi connectivity index (χ3n) is 1.33. The molecule has 0 spiro atoms. The predicted molar refractivity (Wildman–Crippen MR) is 35.5 cm³/mol. The molecule has 0 N–H and O–H groups in total. The largest absolute Gasteiger partial charge is 0.226 e. The fourth-order valence-electron chi connectivity index (χ4n) is 0.906. The first kappa shape index (κ1) is 8.31. The fraction of sp³-hybridized carbons (Fsp3) is 0. The Bertz CT molecular complexity index is 358. The molecule has 1 aliphatic heterocycles. The van der Waals surface area contributed by atoms with Gasteiger partial charge in [0.25, 0.3) is 0 Å². The second kappa shape index (κ2) is 3.07. The summed E-state index contributed by atoms with van der Waals surface area (Å²) >= 11 is 0. The molecule has 0 bridgehead atoms. The molecule has 3 heteroatoms. The van der Waals surface area contributed by atoms with Gasteiger partial charge in [-0.25, -0.2) is 9.98 Å². The third kappa shape index (κ3) is 1.44. The van der Waals surface area contributed by atoms with Crippen LogP contribution in [0.2, 0.25) is 0 Å². The second-order valence-corrected chi connectivity index (χ2v) is 2.04. The van der Waals surface area contributed by atoms with Crippen LogP contribution >= 0.6 is 0 Å². The number of nitrogens with zero attached hydrogens (tertiary/aromatic N) is 2. The first-order chi connectivity index (χ1) is 4.86. The van der Waals surface area contributed by atoms with Crippen molar-refractivity contribution in [1.29, 1.82) is 0 Å². The molecule has 0 atom stereocenters. The topological polar surface area (TPSA) is 24.7 Å². The van der Waals surface area contributed by atoms with Crippen molar-refractivity contribution >= 4 is 0 Å². The first-order valence-corrected chi connectivity index (χ1v) is 2.97. The van der Waals surface area contributed by atoms with Crippen molar-refractivity contribution in [3.05, 3.63) is 47.4 Å². The SMILES string of the molecule is [C]=C1N=c2ccccc2=N1.[Ir]. The van der Waals surface area contributed by atoms with Crippen molar-refractivity contribution in [1.82, 2.24) is 0 Å². The van der Waals surface area contributed by atoms with Crippen molar-refractivity contribution in [2.75, 3.05) is 0 Å². The average molecular weight is 320 g/mol. The van der Waals surface area contributed by atoms with E-state index in [1.165, 1.54) is 0 Å². The van der Waals surface area contributed by atoms with E-state index in [1.54, 1.807) is 0 Å². The summed E-state index contributed by atoms with van der Waals surface area (Å²) in [6, 6.07) is 7.47. The molecule has 2 rings (SSSR count). The summed E-state index contributed by atoms with van der Waals surface area (Å²) < 4.78 is 0. The molecule has 3 radical (unpaired) electrons. The van der Waals surface area contributed by atoms with Crippen LogP contribution < -0.4 is 10.7 Å². The van der Waals surface area contributed by atoms with E-state index < -0.39 is 0 Å². The van der Waals surface area contributed by atoms with Crippen LogP contribution in [0.4, 0.5) is 0 Å². The molecule has 1 heterocycles. The van der Waals surface area contributed by atoms with E-state index in [0.717, 1.165) is 10.7 Å². The number of para-hydroxylation sites is 2. The molecular formula is C8H4IrN2. The zero-order chi connectivity index (χ0) is 6.97. The van der Waals surface area contributed by atoms with Crippen molar-refractivity contribution in [3.63, 3.8) is 0 Å². The maximum atomic E-state index is 7.10. The van der Waals surface area contributed by atoms with Crippen LogP contribution in [-0.4, -0.2) is 0 Å². The van der Waals surface area contributed by atoms with Crippen LogP contribution in [0.1, 0.15) is 0 Å². The first-order valence-electron chi connectivity index (χ1n) is 2.97. The van der Waals surface area contributed by atoms with Gasteiger partial charge in [0.1, 0.15) is 0 Å². The summed E-state index contributed by atoms with van der Waals surface area (Å²) in [6.07, 6.45) is 0. The molecule has 11 heavy (non-hydrogen) atoms. The monoisotopic (exact) mass is 321 g/mol. The number of benzene rings is 1. The Morgan fingerprint density at radius 1 is 1.00 bits per heavy atom. The van der Waals surface area contributed by atoms with Crippen LogP contribution in [0.5, 0.6) is 0 Å². The third-order valence-corrected chi connectivity index (χ3v) is 1.33. The van der Waals surface area contributed by atoms with Gasteiger partial charge >= 0.3 is 0 Å². The van der Waals surface area contributed by atoms with Crippen LogP contribution in [-0.2, 0) is 20.1 Å². The van der Waals surface area contributed by atoms with Gasteiger partial charge in [0.15, 0.2) is 5.82 Å². The Hall–Kier alpha value is -0.791. The Morgan fingerprint density at radius 3 is 1.91 bits per heavy atom. The summed E-state index contributed by atoms with van der Waals surface area (Å²) in [5, 5.41) is 1.60. The normalized spacial score (nSPS) is 12.5. The predicted octanol–water partition coefficient (Wildman–Crippen LogP) is 0.0883. The maximum absolute atomic E-state index is 7.10. The molecule has 1 aliphatic rings. The van der Waals surface area contributed by atoms with Gasteiger partial charge in [0, 0.05) is 26.7 Å². The van der Waals surface area contributed by atoms with Crippen molar-refractivity contribution < 1.29 is 20.1 Å². The molecule has 0 unspecified atom stereocenters. The van der Waals surface area contributed by atoms with E-state index in [2.05, 4.69) is 9.98 Å². The standard InChI is InChI=1S/C8H4N2.Ir/c1-6-9-7-4-2-3-5-8(7)10-6;/h2-5H;. The van der Waals surface area contributed by atoms with Gasteiger partial charge in [-0.1, -0.05) is 12.1 Å². The fourth-order valence-corrected chi connectivity index (χ4v) is 0.906. The van der Waals surface area contributed by atoms with Crippen molar-refractivity contribution in [2.45, 2.75) is 0 Å². The second-order valence-electron chi connectivity index (χ2n) is 2.04. The zero-order valence-corrected chi connectivity index (χ0v) is 7.93. The summed E-state index contributed by atoms with van der Waals surface area (Å²) in [6.45, 7) is 7.10. The molecule has 2 nitrogen and oxygen atoms in total. The molecule has 0 fully saturated rings. The van der Waals surface area contributed by atoms with Crippen LogP contribution in [0.3, 0.4) is 0 Å². The molecule has 1 aromatic carbocycles. The van der Waals surface area contributed by atoms with E-state index in [9.17, 15) is 0 Å². The minimum absolute atomic E-state index is 0. The molecular weight excluding hydrogens is 316 g/mol. The zero-order valence-electron chi connectivity index (χ0n) is 5.54. The van der Waals surface area contributed by atoms with E-state index >= 15 is 0 Å². The summed E-state index contributed by atoms with van der Waals surface area (Å²) in [5.41, 5.74) is 0. The summed E-state index contributed by atoms with van der Waals surface area (Å²) in [5.74, 6) is 0.0983. The van der Waals surface area contributed by atoms with Gasteiger partial charge in [-0.2, -0.15) is 0 Å². The minimum atomic E-state index is 0. The quantitative estimate of drug-likeness (QED) is 0.647. The van der Waals surface area contributed by atoms with Gasteiger partial charge in [-0.15, -0.1) is 0 Å². The molecule has 1 aromatic rings. The Labute approximate surface area is 77.7 Å². The Kier molecular flexibility index (Phi) is 2.32. The van der Waals surface area contributed by atoms with E-state index in [1.807, 2.05) is 24.3 Å². The molecule has 0 saturated heterocycles. The molecule has 0 amide bonds. The van der Waals surface area contributed by atoms with Gasteiger partial charge in [-0.05, 0) is 12.1 Å². The van der Waals surface area contributed by atoms with E-state index in [0.29, 0.717) is 0 Å². The Morgan fingerprint density at radius 2 is 1.45 bits per heavy atom. The summed E-state index contributed by atoms with van der Waals surface area (Å²) in [7, 11) is 0. The van der Waals surface area contributed by atoms with Crippen molar-refractivity contribution in [2.24, 2.45) is 9.98 Å². The number of hydrogen-bond donors (Lipinski definition) is 0. The minimum Gasteiger partial charge on any atom is -0.226 e. The number of hydrogen-bond acceptors (Lipinski definition) is 2. The average Bonchev–Trinajstić information content (AvgIpc) is 2.27. The number of fused-ring (bicyclic) bond motifs is 1. The van der Waals surface area contributed by atoms with Crippen molar-refractivity contribution in [3.8, 4) is 0 Å². The number of rotatable bonds is 0. The van der Waals surface area contributed by atoms with Crippen LogP contribution in [0.25, 0.3) is 0 Å². The van der Waals surface area contributed by atoms with Crippen LogP contribution in [0, 0.1) is 6.58 Å². The molecule has 55 valence electrons. The molecule has 0 aromatic heterocycles. The van der Waals surface area contributed by atoms with Gasteiger partial charge in [0.2, 0.25) is 0 Å². The Balaban J connectivity index is 0.000000605.